The second kappa shape index (κ2) is 11.5. The topological polar surface area (TPSA) is 137 Å². The van der Waals surface area contributed by atoms with E-state index in [4.69, 9.17) is 19.0 Å². The number of hydrogen-bond acceptors (Lipinski definition) is 11. The lowest BCUT2D eigenvalue weighted by atomic mass is 10.1. The van der Waals surface area contributed by atoms with Gasteiger partial charge >= 0.3 is 12.1 Å². The lowest BCUT2D eigenvalue weighted by molar-refractivity contribution is -0.193. The van der Waals surface area contributed by atoms with Crippen molar-refractivity contribution in [3.63, 3.8) is 0 Å². The van der Waals surface area contributed by atoms with Gasteiger partial charge in [-0.25, -0.2) is 19.4 Å². The number of imide groups is 1. The fourth-order valence-electron chi connectivity index (χ4n) is 4.35. The molecule has 13 heteroatoms. The molecule has 0 spiro atoms. The molecular formula is C30H34N4O8S. The molecule has 0 aliphatic carbocycles. The van der Waals surface area contributed by atoms with E-state index in [0.29, 0.717) is 29.0 Å². The third-order valence-electron chi connectivity index (χ3n) is 6.28. The number of benzene rings is 2. The third-order valence-corrected chi connectivity index (χ3v) is 7.23. The molecule has 1 N–H and O–H groups in total. The van der Waals surface area contributed by atoms with Gasteiger partial charge in [0.25, 0.3) is 11.8 Å². The van der Waals surface area contributed by atoms with Crippen molar-refractivity contribution in [1.29, 1.82) is 0 Å². The van der Waals surface area contributed by atoms with Crippen LogP contribution in [0.3, 0.4) is 0 Å². The summed E-state index contributed by atoms with van der Waals surface area (Å²) in [6.45, 7) is 11.3. The Morgan fingerprint density at radius 2 is 1.60 bits per heavy atom. The number of nitrogens with one attached hydrogen (secondary N) is 1. The molecule has 0 saturated carbocycles. The first-order chi connectivity index (χ1) is 20.2. The van der Waals surface area contributed by atoms with Crippen LogP contribution in [0.1, 0.15) is 62.3 Å². The Morgan fingerprint density at radius 3 is 2.21 bits per heavy atom. The smallest absolute Gasteiger partial charge is 0.410 e. The quantitative estimate of drug-likeness (QED) is 0.284. The van der Waals surface area contributed by atoms with Crippen LogP contribution in [0.2, 0.25) is 0 Å². The van der Waals surface area contributed by atoms with Crippen molar-refractivity contribution < 1.29 is 38.2 Å². The molecule has 1 saturated heterocycles. The molecule has 1 atom stereocenters. The molecular weight excluding hydrogens is 576 g/mol. The number of carbonyl (C=O) groups is 4. The number of ether oxygens (including phenoxy) is 3. The molecule has 43 heavy (non-hydrogen) atoms. The largest absolute Gasteiger partial charge is 0.490 e. The first kappa shape index (κ1) is 30.2. The van der Waals surface area contributed by atoms with Gasteiger partial charge in [-0.2, -0.15) is 0 Å². The molecule has 2 aromatic carbocycles. The number of aromatic nitrogens is 1. The zero-order chi connectivity index (χ0) is 31.1. The standard InChI is InChI=1S/C30H34N4O8S/c1-29(2,3)40-26(37)22(42-34-24(35)19-9-7-8-10-20(19)25(34)36)16-39-18-11-12-21-23(13-18)43-27(32-21)31-17-14-33(15-17)28(38)41-30(4,5)6/h7-13,17,22H,14-16H2,1-6H3,(H,31,32)/t22-/m0/s1. The van der Waals surface area contributed by atoms with Crippen molar-refractivity contribution in [2.75, 3.05) is 25.0 Å². The van der Waals surface area contributed by atoms with Crippen molar-refractivity contribution in [3.05, 3.63) is 53.6 Å². The van der Waals surface area contributed by atoms with Gasteiger partial charge in [-0.15, -0.1) is 5.06 Å². The highest BCUT2D eigenvalue weighted by molar-refractivity contribution is 7.22. The maximum absolute atomic E-state index is 13.0. The van der Waals surface area contributed by atoms with Gasteiger partial charge < -0.3 is 24.4 Å². The SMILES string of the molecule is CC(C)(C)OC(=O)[C@H](COc1ccc2nc(NC3CN(C(=O)OC(C)(C)C)C3)sc2c1)ON1C(=O)c2ccccc2C1=O. The van der Waals surface area contributed by atoms with Gasteiger partial charge in [-0.05, 0) is 71.9 Å². The highest BCUT2D eigenvalue weighted by Gasteiger charge is 2.41. The van der Waals surface area contributed by atoms with Gasteiger partial charge in [0.05, 0.1) is 27.4 Å². The summed E-state index contributed by atoms with van der Waals surface area (Å²) in [5.74, 6) is -1.68. The molecule has 1 aromatic heterocycles. The summed E-state index contributed by atoms with van der Waals surface area (Å²) in [4.78, 5) is 62.7. The summed E-state index contributed by atoms with van der Waals surface area (Å²) in [5, 5.41) is 4.62. The second-order valence-corrected chi connectivity index (χ2v) is 13.3. The number of rotatable bonds is 8. The fraction of sp³-hybridized carbons (Fsp3) is 0.433. The lowest BCUT2D eigenvalue weighted by Crippen LogP contribution is -2.57. The molecule has 228 valence electrons. The maximum Gasteiger partial charge on any atom is 0.410 e. The summed E-state index contributed by atoms with van der Waals surface area (Å²) in [5.41, 5.74) is -0.257. The van der Waals surface area contributed by atoms with Gasteiger partial charge in [-0.3, -0.25) is 9.59 Å². The number of hydroxylamine groups is 2. The van der Waals surface area contributed by atoms with Crippen LogP contribution in [0, 0.1) is 0 Å². The van der Waals surface area contributed by atoms with Crippen LogP contribution in [-0.2, 0) is 19.1 Å². The number of esters is 1. The first-order valence-electron chi connectivity index (χ1n) is 13.8. The van der Waals surface area contributed by atoms with Crippen molar-refractivity contribution >= 4 is 50.6 Å². The predicted octanol–water partition coefficient (Wildman–Crippen LogP) is 4.64. The summed E-state index contributed by atoms with van der Waals surface area (Å²) < 4.78 is 17.6. The van der Waals surface area contributed by atoms with E-state index in [9.17, 15) is 19.2 Å². The van der Waals surface area contributed by atoms with E-state index < -0.39 is 35.1 Å². The van der Waals surface area contributed by atoms with E-state index in [1.807, 2.05) is 20.8 Å². The first-order valence-corrected chi connectivity index (χ1v) is 14.6. The zero-order valence-electron chi connectivity index (χ0n) is 24.8. The van der Waals surface area contributed by atoms with Crippen LogP contribution < -0.4 is 10.1 Å². The zero-order valence-corrected chi connectivity index (χ0v) is 25.6. The number of fused-ring (bicyclic) bond motifs is 2. The minimum Gasteiger partial charge on any atom is -0.490 e. The van der Waals surface area contributed by atoms with Gasteiger partial charge in [0.15, 0.2) is 5.13 Å². The number of carbonyl (C=O) groups excluding carboxylic acids is 4. The highest BCUT2D eigenvalue weighted by atomic mass is 32.1. The van der Waals surface area contributed by atoms with Gasteiger partial charge in [0, 0.05) is 13.1 Å². The lowest BCUT2D eigenvalue weighted by Gasteiger charge is -2.39. The molecule has 12 nitrogen and oxygen atoms in total. The Balaban J connectivity index is 1.23. The van der Waals surface area contributed by atoms with Crippen LogP contribution in [0.25, 0.3) is 10.2 Å². The molecule has 5 rings (SSSR count). The Labute approximate surface area is 252 Å². The van der Waals surface area contributed by atoms with Gasteiger partial charge in [0.1, 0.15) is 23.6 Å². The summed E-state index contributed by atoms with van der Waals surface area (Å²) in [6.07, 6.45) is -1.74. The van der Waals surface area contributed by atoms with E-state index in [1.54, 1.807) is 56.0 Å². The van der Waals surface area contributed by atoms with E-state index in [0.717, 1.165) is 10.2 Å². The number of hydrogen-bond donors (Lipinski definition) is 1. The Hall–Kier alpha value is -4.23. The minimum absolute atomic E-state index is 0.0534. The van der Waals surface area contributed by atoms with E-state index in [-0.39, 0.29) is 29.9 Å². The van der Waals surface area contributed by atoms with Crippen molar-refractivity contribution in [2.45, 2.75) is 64.9 Å². The molecule has 3 heterocycles. The number of amides is 3. The fourth-order valence-corrected chi connectivity index (χ4v) is 5.32. The van der Waals surface area contributed by atoms with Crippen LogP contribution in [0.5, 0.6) is 5.75 Å². The number of nitrogens with zero attached hydrogens (tertiary/aromatic N) is 3. The maximum atomic E-state index is 13.0. The Kier molecular flexibility index (Phi) is 8.05. The average Bonchev–Trinajstić information content (AvgIpc) is 3.39. The second-order valence-electron chi connectivity index (χ2n) is 12.3. The molecule has 0 bridgehead atoms. The normalized spacial score (nSPS) is 16.1. The third kappa shape index (κ3) is 7.05. The Bertz CT molecular complexity index is 1530. The minimum atomic E-state index is -1.40. The molecule has 2 aliphatic rings. The molecule has 2 aliphatic heterocycles. The monoisotopic (exact) mass is 610 g/mol. The number of thiazole rings is 1. The van der Waals surface area contributed by atoms with E-state index in [2.05, 4.69) is 10.3 Å². The molecule has 1 fully saturated rings. The summed E-state index contributed by atoms with van der Waals surface area (Å²) in [7, 11) is 0. The predicted molar refractivity (Wildman–Crippen MR) is 158 cm³/mol. The van der Waals surface area contributed by atoms with E-state index in [1.165, 1.54) is 23.5 Å². The molecule has 3 amide bonds. The van der Waals surface area contributed by atoms with Crippen LogP contribution in [0.15, 0.2) is 42.5 Å². The van der Waals surface area contributed by atoms with Crippen molar-refractivity contribution in [1.82, 2.24) is 14.9 Å². The van der Waals surface area contributed by atoms with E-state index >= 15 is 0 Å². The van der Waals surface area contributed by atoms with Crippen molar-refractivity contribution in [3.8, 4) is 5.75 Å². The average molecular weight is 611 g/mol. The molecule has 0 radical (unpaired) electrons. The summed E-state index contributed by atoms with van der Waals surface area (Å²) >= 11 is 1.42. The molecule has 3 aromatic rings. The van der Waals surface area contributed by atoms with Gasteiger partial charge in [-0.1, -0.05) is 23.5 Å². The van der Waals surface area contributed by atoms with Crippen LogP contribution >= 0.6 is 11.3 Å². The number of likely N-dealkylation sites (tertiary alicyclic amines) is 1. The Morgan fingerprint density at radius 1 is 0.977 bits per heavy atom. The van der Waals surface area contributed by atoms with Crippen LogP contribution in [-0.4, -0.2) is 81.9 Å². The number of anilines is 1. The summed E-state index contributed by atoms with van der Waals surface area (Å²) in [6, 6.07) is 11.6. The highest BCUT2D eigenvalue weighted by Crippen LogP contribution is 2.31. The van der Waals surface area contributed by atoms with Crippen molar-refractivity contribution in [2.24, 2.45) is 0 Å². The molecule has 0 unspecified atom stereocenters. The van der Waals surface area contributed by atoms with Gasteiger partial charge in [0.2, 0.25) is 6.10 Å². The van der Waals surface area contributed by atoms with Crippen LogP contribution in [0.4, 0.5) is 9.93 Å².